The number of carbonyl (C=O) groups excluding carboxylic acids is 1. The fourth-order valence-electron chi connectivity index (χ4n) is 3.01. The third-order valence-electron chi connectivity index (χ3n) is 4.59. The largest absolute Gasteiger partial charge is 0.465 e. The van der Waals surface area contributed by atoms with Gasteiger partial charge in [0.1, 0.15) is 12.4 Å². The molecular formula is C20H26BrN6O6P. The van der Waals surface area contributed by atoms with E-state index in [1.165, 1.54) is 6.33 Å². The summed E-state index contributed by atoms with van der Waals surface area (Å²) < 4.78 is 32.3. The number of aromatic nitrogens is 4. The van der Waals surface area contributed by atoms with Gasteiger partial charge in [0, 0.05) is 11.0 Å². The standard InChI is InChI=1S/C20H26BrN6O6P/c1-3-32-19(29)13(2)26-34(30,33-10-14-5-4-6-15(21)9-14)12-31-8-7-27-11-23-16-17(27)24-20(22)25-18(16)28/h4-6,9,11,13H,3,7-8,10,12H2,1-2H3,(H,26,30)(H3,22,24,25,28)/t13-,34?/m0/s1. The quantitative estimate of drug-likeness (QED) is 0.171. The van der Waals surface area contributed by atoms with E-state index in [2.05, 4.69) is 36.0 Å². The lowest BCUT2D eigenvalue weighted by atomic mass is 10.2. The van der Waals surface area contributed by atoms with E-state index >= 15 is 0 Å². The van der Waals surface area contributed by atoms with Crippen LogP contribution >= 0.6 is 23.4 Å². The fraction of sp³-hybridized carbons (Fsp3) is 0.400. The Hall–Kier alpha value is -2.57. The SMILES string of the molecule is CCOC(=O)[C@H](C)NP(=O)(COCCn1cnc2c(=O)[nH]c(N)nc21)OCc1cccc(Br)c1. The molecule has 3 aromatic rings. The molecule has 0 aliphatic rings. The van der Waals surface area contributed by atoms with Crippen LogP contribution in [0.4, 0.5) is 5.95 Å². The number of hydrogen-bond acceptors (Lipinski definition) is 9. The first kappa shape index (κ1) is 26.0. The van der Waals surface area contributed by atoms with Crippen LogP contribution in [0.1, 0.15) is 19.4 Å². The van der Waals surface area contributed by atoms with Gasteiger partial charge in [-0.3, -0.25) is 19.1 Å². The van der Waals surface area contributed by atoms with Crippen LogP contribution in [0.15, 0.2) is 39.9 Å². The first-order chi connectivity index (χ1) is 16.2. The third kappa shape index (κ3) is 6.97. The van der Waals surface area contributed by atoms with Crippen molar-refractivity contribution in [2.24, 2.45) is 0 Å². The summed E-state index contributed by atoms with van der Waals surface area (Å²) in [6, 6.07) is 6.50. The van der Waals surface area contributed by atoms with Crippen molar-refractivity contribution in [3.05, 3.63) is 51.0 Å². The maximum atomic E-state index is 13.5. The Kier molecular flexibility index (Phi) is 8.97. The van der Waals surface area contributed by atoms with Crippen molar-refractivity contribution in [2.45, 2.75) is 33.0 Å². The van der Waals surface area contributed by atoms with Crippen LogP contribution in [0.25, 0.3) is 11.2 Å². The molecule has 0 saturated carbocycles. The number of esters is 1. The minimum absolute atomic E-state index is 0.0252. The van der Waals surface area contributed by atoms with Gasteiger partial charge in [-0.2, -0.15) is 4.98 Å². The van der Waals surface area contributed by atoms with Gasteiger partial charge < -0.3 is 24.3 Å². The second-order valence-corrected chi connectivity index (χ2v) is 10.3. The number of rotatable bonds is 12. The number of nitrogens with one attached hydrogen (secondary N) is 2. The molecule has 0 radical (unpaired) electrons. The molecule has 0 saturated heterocycles. The molecule has 0 aliphatic heterocycles. The Balaban J connectivity index is 1.65. The van der Waals surface area contributed by atoms with Crippen LogP contribution in [-0.2, 0) is 36.5 Å². The molecule has 0 amide bonds. The molecule has 1 aromatic carbocycles. The van der Waals surface area contributed by atoms with Crippen LogP contribution < -0.4 is 16.4 Å². The molecule has 2 heterocycles. The van der Waals surface area contributed by atoms with Gasteiger partial charge in [0.25, 0.3) is 13.1 Å². The van der Waals surface area contributed by atoms with Gasteiger partial charge in [0.05, 0.1) is 26.1 Å². The molecule has 1 unspecified atom stereocenters. The van der Waals surface area contributed by atoms with E-state index in [1.54, 1.807) is 18.4 Å². The number of nitrogen functional groups attached to an aromatic ring is 1. The highest BCUT2D eigenvalue weighted by Gasteiger charge is 2.29. The number of nitrogens with zero attached hydrogens (tertiary/aromatic N) is 3. The number of imidazole rings is 1. The summed E-state index contributed by atoms with van der Waals surface area (Å²) in [5.74, 6) is -0.574. The van der Waals surface area contributed by atoms with E-state index in [1.807, 2.05) is 24.3 Å². The van der Waals surface area contributed by atoms with Crippen molar-refractivity contribution >= 4 is 46.5 Å². The summed E-state index contributed by atoms with van der Waals surface area (Å²) in [5.41, 5.74) is 6.42. The number of anilines is 1. The highest BCUT2D eigenvalue weighted by atomic mass is 79.9. The van der Waals surface area contributed by atoms with E-state index in [0.717, 1.165) is 10.0 Å². The van der Waals surface area contributed by atoms with E-state index in [9.17, 15) is 14.2 Å². The van der Waals surface area contributed by atoms with E-state index in [0.29, 0.717) is 5.65 Å². The molecule has 0 bridgehead atoms. The fourth-order valence-corrected chi connectivity index (χ4v) is 5.11. The zero-order chi connectivity index (χ0) is 24.7. The number of halogens is 1. The molecule has 0 spiro atoms. The number of ether oxygens (including phenoxy) is 2. The lowest BCUT2D eigenvalue weighted by molar-refractivity contribution is -0.144. The average molecular weight is 557 g/mol. The van der Waals surface area contributed by atoms with Crippen LogP contribution in [0.5, 0.6) is 0 Å². The molecule has 0 aliphatic carbocycles. The number of benzene rings is 1. The van der Waals surface area contributed by atoms with Gasteiger partial charge in [0.15, 0.2) is 11.2 Å². The summed E-state index contributed by atoms with van der Waals surface area (Å²) in [4.78, 5) is 34.4. The Morgan fingerprint density at radius 1 is 1.41 bits per heavy atom. The molecule has 14 heteroatoms. The molecule has 3 rings (SSSR count). The zero-order valence-electron chi connectivity index (χ0n) is 18.7. The Bertz CT molecular complexity index is 1250. The Labute approximate surface area is 203 Å². The molecule has 34 heavy (non-hydrogen) atoms. The van der Waals surface area contributed by atoms with Gasteiger partial charge in [-0.05, 0) is 31.5 Å². The topological polar surface area (TPSA) is 163 Å². The van der Waals surface area contributed by atoms with E-state index < -0.39 is 25.1 Å². The van der Waals surface area contributed by atoms with Crippen LogP contribution in [-0.4, -0.2) is 51.1 Å². The van der Waals surface area contributed by atoms with Crippen LogP contribution in [0.3, 0.4) is 0 Å². The van der Waals surface area contributed by atoms with E-state index in [-0.39, 0.29) is 44.2 Å². The number of hydrogen-bond donors (Lipinski definition) is 3. The minimum atomic E-state index is -3.61. The van der Waals surface area contributed by atoms with Gasteiger partial charge in [-0.25, -0.2) is 10.1 Å². The maximum Gasteiger partial charge on any atom is 0.323 e. The first-order valence-corrected chi connectivity index (χ1v) is 13.0. The van der Waals surface area contributed by atoms with Crippen molar-refractivity contribution in [1.29, 1.82) is 0 Å². The Morgan fingerprint density at radius 3 is 2.94 bits per heavy atom. The van der Waals surface area contributed by atoms with Gasteiger partial charge in [0.2, 0.25) is 5.95 Å². The van der Waals surface area contributed by atoms with Gasteiger partial charge >= 0.3 is 5.97 Å². The zero-order valence-corrected chi connectivity index (χ0v) is 21.2. The second kappa shape index (κ2) is 11.7. The van der Waals surface area contributed by atoms with Gasteiger partial charge in [-0.15, -0.1) is 0 Å². The lowest BCUT2D eigenvalue weighted by Gasteiger charge is -2.23. The number of aromatic amines is 1. The number of H-pyrrole nitrogens is 1. The highest BCUT2D eigenvalue weighted by Crippen LogP contribution is 2.44. The summed E-state index contributed by atoms with van der Waals surface area (Å²) in [5, 5.41) is 2.73. The number of nitrogens with two attached hydrogens (primary N) is 1. The smallest absolute Gasteiger partial charge is 0.323 e. The predicted molar refractivity (Wildman–Crippen MR) is 129 cm³/mol. The monoisotopic (exact) mass is 556 g/mol. The predicted octanol–water partition coefficient (Wildman–Crippen LogP) is 2.39. The van der Waals surface area contributed by atoms with Crippen molar-refractivity contribution in [3.8, 4) is 0 Å². The molecule has 2 aromatic heterocycles. The summed E-state index contributed by atoms with van der Waals surface area (Å²) >= 11 is 3.39. The molecule has 12 nitrogen and oxygen atoms in total. The van der Waals surface area contributed by atoms with Crippen molar-refractivity contribution < 1.29 is 23.4 Å². The molecule has 0 fully saturated rings. The minimum Gasteiger partial charge on any atom is -0.465 e. The van der Waals surface area contributed by atoms with Crippen LogP contribution in [0, 0.1) is 0 Å². The molecule has 2 atom stereocenters. The molecule has 4 N–H and O–H groups in total. The Morgan fingerprint density at radius 2 is 2.21 bits per heavy atom. The van der Waals surface area contributed by atoms with Crippen molar-refractivity contribution in [1.82, 2.24) is 24.6 Å². The van der Waals surface area contributed by atoms with Crippen LogP contribution in [0.2, 0.25) is 0 Å². The van der Waals surface area contributed by atoms with Crippen molar-refractivity contribution in [2.75, 3.05) is 25.3 Å². The summed E-state index contributed by atoms with van der Waals surface area (Å²) in [6.45, 7) is 3.85. The van der Waals surface area contributed by atoms with Gasteiger partial charge in [-0.1, -0.05) is 28.1 Å². The summed E-state index contributed by atoms with van der Waals surface area (Å²) in [6.07, 6.45) is 1.15. The molecule has 184 valence electrons. The third-order valence-corrected chi connectivity index (χ3v) is 6.93. The van der Waals surface area contributed by atoms with Crippen molar-refractivity contribution in [3.63, 3.8) is 0 Å². The maximum absolute atomic E-state index is 13.5. The summed E-state index contributed by atoms with van der Waals surface area (Å²) in [7, 11) is -3.61. The molecular weight excluding hydrogens is 531 g/mol. The normalized spacial score (nSPS) is 14.1. The lowest BCUT2D eigenvalue weighted by Crippen LogP contribution is -2.34. The highest BCUT2D eigenvalue weighted by molar-refractivity contribution is 9.10. The first-order valence-electron chi connectivity index (χ1n) is 10.4. The number of carbonyl (C=O) groups is 1. The number of fused-ring (bicyclic) bond motifs is 1. The average Bonchev–Trinajstić information content (AvgIpc) is 3.19. The van der Waals surface area contributed by atoms with E-state index in [4.69, 9.17) is 19.7 Å². The second-order valence-electron chi connectivity index (χ2n) is 7.28.